The summed E-state index contributed by atoms with van der Waals surface area (Å²) in [4.78, 5) is 23.2. The fourth-order valence-electron chi connectivity index (χ4n) is 2.20. The number of hydrogen-bond donors (Lipinski definition) is 4. The van der Waals surface area contributed by atoms with Crippen molar-refractivity contribution in [3.63, 3.8) is 0 Å². The Bertz CT molecular complexity index is 809. The standard InChI is InChI=1S/C19H21N3O5.ClH/c1-26-17(24)11-27-15-8-6-12(7-9-15)16(23)10-22-19(25)14-4-2-13(3-5-14)18(20)21;/h2-9,16,23H,10-11H2,1H3,(H3,20,21)(H,22,25);1H. The molecule has 8 nitrogen and oxygen atoms in total. The van der Waals surface area contributed by atoms with Gasteiger partial charge >= 0.3 is 5.97 Å². The fraction of sp³-hybridized carbons (Fsp3) is 0.211. The molecule has 0 aliphatic heterocycles. The highest BCUT2D eigenvalue weighted by Gasteiger charge is 2.12. The molecule has 0 saturated carbocycles. The first-order valence-electron chi connectivity index (χ1n) is 8.11. The smallest absolute Gasteiger partial charge is 0.343 e. The predicted molar refractivity (Wildman–Crippen MR) is 106 cm³/mol. The zero-order valence-electron chi connectivity index (χ0n) is 15.2. The number of amidine groups is 1. The SMILES string of the molecule is COC(=O)COc1ccc(C(O)CNC(=O)c2ccc(C(=N)N)cc2)cc1.Cl. The number of nitrogens with one attached hydrogen (secondary N) is 2. The minimum Gasteiger partial charge on any atom is -0.482 e. The molecule has 1 unspecified atom stereocenters. The van der Waals surface area contributed by atoms with Crippen molar-refractivity contribution in [3.8, 4) is 5.75 Å². The van der Waals surface area contributed by atoms with Gasteiger partial charge in [-0.25, -0.2) is 4.79 Å². The lowest BCUT2D eigenvalue weighted by atomic mass is 10.1. The molecule has 150 valence electrons. The molecule has 0 heterocycles. The van der Waals surface area contributed by atoms with Crippen molar-refractivity contribution >= 4 is 30.1 Å². The van der Waals surface area contributed by atoms with E-state index in [4.69, 9.17) is 15.9 Å². The molecule has 28 heavy (non-hydrogen) atoms. The molecule has 2 rings (SSSR count). The largest absolute Gasteiger partial charge is 0.482 e. The van der Waals surface area contributed by atoms with Crippen molar-refractivity contribution in [1.82, 2.24) is 5.32 Å². The molecule has 0 aliphatic carbocycles. The first-order valence-corrected chi connectivity index (χ1v) is 8.11. The second-order valence-corrected chi connectivity index (χ2v) is 5.65. The molecule has 0 saturated heterocycles. The summed E-state index contributed by atoms with van der Waals surface area (Å²) in [5, 5.41) is 20.2. The first-order chi connectivity index (χ1) is 12.9. The van der Waals surface area contributed by atoms with Crippen LogP contribution in [0.15, 0.2) is 48.5 Å². The summed E-state index contributed by atoms with van der Waals surface area (Å²) in [6.07, 6.45) is -0.903. The number of rotatable bonds is 8. The molecular weight excluding hydrogens is 386 g/mol. The second-order valence-electron chi connectivity index (χ2n) is 5.65. The van der Waals surface area contributed by atoms with E-state index in [1.54, 1.807) is 48.5 Å². The van der Waals surface area contributed by atoms with Gasteiger partial charge in [-0.1, -0.05) is 24.3 Å². The van der Waals surface area contributed by atoms with E-state index in [9.17, 15) is 14.7 Å². The summed E-state index contributed by atoms with van der Waals surface area (Å²) in [5.41, 5.74) is 6.89. The number of carbonyl (C=O) groups excluding carboxylic acids is 2. The molecule has 0 aromatic heterocycles. The van der Waals surface area contributed by atoms with E-state index in [1.165, 1.54) is 7.11 Å². The number of halogens is 1. The van der Waals surface area contributed by atoms with Crippen LogP contribution >= 0.6 is 12.4 Å². The number of methoxy groups -OCH3 is 1. The Labute approximate surface area is 168 Å². The molecule has 2 aromatic carbocycles. The number of esters is 1. The maximum absolute atomic E-state index is 12.1. The molecule has 1 atom stereocenters. The number of hydrogen-bond acceptors (Lipinski definition) is 6. The van der Waals surface area contributed by atoms with Crippen molar-refractivity contribution in [3.05, 3.63) is 65.2 Å². The Balaban J connectivity index is 0.00000392. The van der Waals surface area contributed by atoms with Gasteiger partial charge in [0.2, 0.25) is 0 Å². The molecule has 0 radical (unpaired) electrons. The van der Waals surface area contributed by atoms with Crippen LogP contribution in [0.4, 0.5) is 0 Å². The van der Waals surface area contributed by atoms with E-state index < -0.39 is 12.1 Å². The van der Waals surface area contributed by atoms with Crippen molar-refractivity contribution in [1.29, 1.82) is 5.41 Å². The number of aliphatic hydroxyl groups excluding tert-OH is 1. The van der Waals surface area contributed by atoms with Crippen LogP contribution < -0.4 is 15.8 Å². The molecule has 0 aliphatic rings. The maximum atomic E-state index is 12.1. The van der Waals surface area contributed by atoms with Gasteiger partial charge in [-0.05, 0) is 29.8 Å². The summed E-state index contributed by atoms with van der Waals surface area (Å²) >= 11 is 0. The lowest BCUT2D eigenvalue weighted by Gasteiger charge is -2.13. The number of ether oxygens (including phenoxy) is 2. The van der Waals surface area contributed by atoms with Crippen LogP contribution in [-0.2, 0) is 9.53 Å². The Morgan fingerprint density at radius 2 is 1.68 bits per heavy atom. The van der Waals surface area contributed by atoms with Gasteiger partial charge in [-0.15, -0.1) is 12.4 Å². The molecule has 0 bridgehead atoms. The van der Waals surface area contributed by atoms with Crippen molar-refractivity contribution in [2.24, 2.45) is 5.73 Å². The monoisotopic (exact) mass is 407 g/mol. The quantitative estimate of drug-likeness (QED) is 0.297. The maximum Gasteiger partial charge on any atom is 0.343 e. The summed E-state index contributed by atoms with van der Waals surface area (Å²) in [6, 6.07) is 12.8. The number of amides is 1. The van der Waals surface area contributed by atoms with Crippen molar-refractivity contribution < 1.29 is 24.2 Å². The highest BCUT2D eigenvalue weighted by Crippen LogP contribution is 2.17. The summed E-state index contributed by atoms with van der Waals surface area (Å²) in [7, 11) is 1.27. The summed E-state index contributed by atoms with van der Waals surface area (Å²) < 4.78 is 9.71. The number of nitrogens with two attached hydrogens (primary N) is 1. The third-order valence-electron chi connectivity index (χ3n) is 3.76. The van der Waals surface area contributed by atoms with Crippen LogP contribution in [0.3, 0.4) is 0 Å². The van der Waals surface area contributed by atoms with Crippen LogP contribution in [-0.4, -0.2) is 43.1 Å². The zero-order valence-corrected chi connectivity index (χ0v) is 16.0. The molecule has 2 aromatic rings. The molecule has 5 N–H and O–H groups in total. The van der Waals surface area contributed by atoms with E-state index in [-0.39, 0.29) is 37.3 Å². The number of nitrogen functional groups attached to an aromatic ring is 1. The van der Waals surface area contributed by atoms with Crippen LogP contribution in [0.25, 0.3) is 0 Å². The summed E-state index contributed by atoms with van der Waals surface area (Å²) in [5.74, 6) is -0.442. The third-order valence-corrected chi connectivity index (χ3v) is 3.76. The molecule has 9 heteroatoms. The van der Waals surface area contributed by atoms with Gasteiger partial charge < -0.3 is 25.6 Å². The highest BCUT2D eigenvalue weighted by atomic mass is 35.5. The van der Waals surface area contributed by atoms with Gasteiger partial charge in [-0.2, -0.15) is 0 Å². The van der Waals surface area contributed by atoms with Gasteiger partial charge in [0.05, 0.1) is 13.2 Å². The normalized spacial score (nSPS) is 10.9. The van der Waals surface area contributed by atoms with Gasteiger partial charge in [0.15, 0.2) is 6.61 Å². The van der Waals surface area contributed by atoms with E-state index in [0.29, 0.717) is 22.4 Å². The van der Waals surface area contributed by atoms with Gasteiger partial charge in [-0.3, -0.25) is 10.2 Å². The predicted octanol–water partition coefficient (Wildman–Crippen LogP) is 1.41. The van der Waals surface area contributed by atoms with Crippen LogP contribution in [0, 0.1) is 5.41 Å². The van der Waals surface area contributed by atoms with Gasteiger partial charge in [0, 0.05) is 17.7 Å². The van der Waals surface area contributed by atoms with Crippen molar-refractivity contribution in [2.75, 3.05) is 20.3 Å². The minimum atomic E-state index is -0.903. The average Bonchev–Trinajstić information content (AvgIpc) is 2.70. The van der Waals surface area contributed by atoms with E-state index >= 15 is 0 Å². The third kappa shape index (κ3) is 6.57. The first kappa shape index (κ1) is 22.9. The summed E-state index contributed by atoms with van der Waals surface area (Å²) in [6.45, 7) is -0.174. The molecular formula is C19H22ClN3O5. The molecule has 1 amide bonds. The highest BCUT2D eigenvalue weighted by molar-refractivity contribution is 5.98. The van der Waals surface area contributed by atoms with Crippen LogP contribution in [0.1, 0.15) is 27.6 Å². The van der Waals surface area contributed by atoms with Gasteiger partial charge in [0.25, 0.3) is 5.91 Å². The van der Waals surface area contributed by atoms with E-state index in [1.807, 2.05) is 0 Å². The van der Waals surface area contributed by atoms with Gasteiger partial charge in [0.1, 0.15) is 11.6 Å². The number of carbonyl (C=O) groups is 2. The van der Waals surface area contributed by atoms with Crippen LogP contribution in [0.2, 0.25) is 0 Å². The Hall–Kier alpha value is -3.10. The molecule has 0 fully saturated rings. The average molecular weight is 408 g/mol. The Morgan fingerprint density at radius 1 is 1.11 bits per heavy atom. The fourth-order valence-corrected chi connectivity index (χ4v) is 2.20. The van der Waals surface area contributed by atoms with Crippen molar-refractivity contribution in [2.45, 2.75) is 6.10 Å². The van der Waals surface area contributed by atoms with E-state index in [0.717, 1.165) is 0 Å². The lowest BCUT2D eigenvalue weighted by Crippen LogP contribution is -2.28. The number of aliphatic hydroxyl groups is 1. The minimum absolute atomic E-state index is 0. The second kappa shape index (κ2) is 10.9. The van der Waals surface area contributed by atoms with E-state index in [2.05, 4.69) is 10.1 Å². The lowest BCUT2D eigenvalue weighted by molar-refractivity contribution is -0.142. The zero-order chi connectivity index (χ0) is 19.8. The molecule has 0 spiro atoms. The van der Waals surface area contributed by atoms with Crippen LogP contribution in [0.5, 0.6) is 5.75 Å². The Morgan fingerprint density at radius 3 is 2.21 bits per heavy atom. The topological polar surface area (TPSA) is 135 Å². The Kier molecular flexibility index (Phi) is 8.94. The number of benzene rings is 2.